The number of aromatic nitrogens is 1. The molecule has 0 aliphatic carbocycles. The first-order chi connectivity index (χ1) is 9.33. The van der Waals surface area contributed by atoms with E-state index in [-0.39, 0.29) is 0 Å². The Kier molecular flexibility index (Phi) is 2.74. The highest BCUT2D eigenvalue weighted by Gasteiger charge is 2.36. The topological polar surface area (TPSA) is 28.2 Å². The monoisotopic (exact) mass is 317 g/mol. The molecule has 4 heteroatoms. The molecular formula is C15H16BrN3. The van der Waals surface area contributed by atoms with Crippen molar-refractivity contribution < 1.29 is 0 Å². The molecule has 3 heterocycles. The molecule has 0 amide bonds. The van der Waals surface area contributed by atoms with E-state index >= 15 is 0 Å². The summed E-state index contributed by atoms with van der Waals surface area (Å²) >= 11 is 3.63. The molecule has 2 atom stereocenters. The van der Waals surface area contributed by atoms with E-state index in [4.69, 9.17) is 0 Å². The highest BCUT2D eigenvalue weighted by Crippen LogP contribution is 2.34. The lowest BCUT2D eigenvalue weighted by atomic mass is 10.0. The summed E-state index contributed by atoms with van der Waals surface area (Å²) in [6, 6.07) is 8.45. The summed E-state index contributed by atoms with van der Waals surface area (Å²) in [7, 11) is 0. The van der Waals surface area contributed by atoms with Crippen LogP contribution in [-0.2, 0) is 0 Å². The second-order valence-corrected chi connectivity index (χ2v) is 6.41. The van der Waals surface area contributed by atoms with Gasteiger partial charge in [0.1, 0.15) is 5.82 Å². The fraction of sp³-hybridized carbons (Fsp3) is 0.400. The number of nitrogens with zero attached hydrogens (tertiary/aromatic N) is 2. The Morgan fingerprint density at radius 3 is 2.68 bits per heavy atom. The maximum Gasteiger partial charge on any atom is 0.136 e. The normalized spacial score (nSPS) is 26.1. The van der Waals surface area contributed by atoms with Crippen LogP contribution in [0.1, 0.15) is 0 Å². The van der Waals surface area contributed by atoms with E-state index in [1.165, 1.54) is 10.8 Å². The lowest BCUT2D eigenvalue weighted by molar-refractivity contribution is 0.533. The van der Waals surface area contributed by atoms with Gasteiger partial charge >= 0.3 is 0 Å². The summed E-state index contributed by atoms with van der Waals surface area (Å²) in [6.07, 6.45) is 1.93. The van der Waals surface area contributed by atoms with Crippen molar-refractivity contribution >= 4 is 32.5 Å². The molecule has 0 saturated carbocycles. The van der Waals surface area contributed by atoms with E-state index < -0.39 is 0 Å². The van der Waals surface area contributed by atoms with Gasteiger partial charge in [0.05, 0.1) is 0 Å². The third-order valence-electron chi connectivity index (χ3n) is 4.42. The van der Waals surface area contributed by atoms with Gasteiger partial charge < -0.3 is 10.2 Å². The van der Waals surface area contributed by atoms with Crippen molar-refractivity contribution in [3.05, 3.63) is 34.9 Å². The summed E-state index contributed by atoms with van der Waals surface area (Å²) in [5.41, 5.74) is 0. The van der Waals surface area contributed by atoms with E-state index in [9.17, 15) is 0 Å². The van der Waals surface area contributed by atoms with Crippen LogP contribution in [0.25, 0.3) is 10.8 Å². The Morgan fingerprint density at radius 2 is 1.89 bits per heavy atom. The van der Waals surface area contributed by atoms with Gasteiger partial charge in [0.15, 0.2) is 0 Å². The molecule has 2 aromatic rings. The standard InChI is InChI=1S/C15H16BrN3/c16-14-3-1-2-13-12(14)4-5-18-15(13)19-8-10-6-17-7-11(10)9-19/h1-5,10-11,17H,6-9H2. The second kappa shape index (κ2) is 4.46. The van der Waals surface area contributed by atoms with Crippen LogP contribution in [0.2, 0.25) is 0 Å². The van der Waals surface area contributed by atoms with Gasteiger partial charge in [-0.25, -0.2) is 4.98 Å². The summed E-state index contributed by atoms with van der Waals surface area (Å²) < 4.78 is 1.15. The molecule has 0 bridgehead atoms. The number of fused-ring (bicyclic) bond motifs is 2. The number of nitrogens with one attached hydrogen (secondary N) is 1. The molecule has 3 nitrogen and oxygen atoms in total. The van der Waals surface area contributed by atoms with E-state index in [0.29, 0.717) is 0 Å². The van der Waals surface area contributed by atoms with Gasteiger partial charge in [0.2, 0.25) is 0 Å². The van der Waals surface area contributed by atoms with Crippen molar-refractivity contribution in [1.82, 2.24) is 10.3 Å². The zero-order chi connectivity index (χ0) is 12.8. The van der Waals surface area contributed by atoms with Crippen LogP contribution in [0, 0.1) is 11.8 Å². The average molecular weight is 318 g/mol. The fourth-order valence-corrected chi connectivity index (χ4v) is 3.93. The summed E-state index contributed by atoms with van der Waals surface area (Å²) in [5, 5.41) is 5.99. The minimum atomic E-state index is 0.796. The molecule has 1 N–H and O–H groups in total. The summed E-state index contributed by atoms with van der Waals surface area (Å²) in [5.74, 6) is 2.74. The average Bonchev–Trinajstić information content (AvgIpc) is 2.99. The largest absolute Gasteiger partial charge is 0.355 e. The molecule has 98 valence electrons. The third-order valence-corrected chi connectivity index (χ3v) is 5.11. The number of rotatable bonds is 1. The van der Waals surface area contributed by atoms with Crippen LogP contribution in [-0.4, -0.2) is 31.2 Å². The molecule has 1 aromatic carbocycles. The summed E-state index contributed by atoms with van der Waals surface area (Å²) in [4.78, 5) is 7.11. The zero-order valence-corrected chi connectivity index (χ0v) is 12.2. The van der Waals surface area contributed by atoms with E-state index in [1.54, 1.807) is 0 Å². The molecule has 2 aliphatic heterocycles. The molecule has 2 unspecified atom stereocenters. The van der Waals surface area contributed by atoms with Crippen molar-refractivity contribution in [2.24, 2.45) is 11.8 Å². The molecule has 19 heavy (non-hydrogen) atoms. The first-order valence-electron chi connectivity index (χ1n) is 6.82. The summed E-state index contributed by atoms with van der Waals surface area (Å²) in [6.45, 7) is 4.60. The van der Waals surface area contributed by atoms with Crippen LogP contribution in [0.4, 0.5) is 5.82 Å². The minimum absolute atomic E-state index is 0.796. The van der Waals surface area contributed by atoms with Crippen LogP contribution >= 0.6 is 15.9 Å². The fourth-order valence-electron chi connectivity index (χ4n) is 3.43. The Labute approximate surface area is 121 Å². The van der Waals surface area contributed by atoms with Gasteiger partial charge in [-0.3, -0.25) is 0 Å². The highest BCUT2D eigenvalue weighted by molar-refractivity contribution is 9.10. The van der Waals surface area contributed by atoms with Gasteiger partial charge in [-0.1, -0.05) is 28.1 Å². The molecule has 0 spiro atoms. The van der Waals surface area contributed by atoms with Gasteiger partial charge in [-0.2, -0.15) is 0 Å². The van der Waals surface area contributed by atoms with Crippen molar-refractivity contribution in [1.29, 1.82) is 0 Å². The lowest BCUT2D eigenvalue weighted by Gasteiger charge is -2.20. The molecular weight excluding hydrogens is 302 g/mol. The van der Waals surface area contributed by atoms with Crippen LogP contribution in [0.15, 0.2) is 34.9 Å². The first-order valence-corrected chi connectivity index (χ1v) is 7.61. The number of hydrogen-bond acceptors (Lipinski definition) is 3. The van der Waals surface area contributed by atoms with E-state index in [2.05, 4.69) is 55.4 Å². The SMILES string of the molecule is Brc1cccc2c(N3CC4CNCC4C3)nccc12. The van der Waals surface area contributed by atoms with Crippen molar-refractivity contribution in [2.75, 3.05) is 31.1 Å². The zero-order valence-electron chi connectivity index (χ0n) is 10.6. The number of anilines is 1. The van der Waals surface area contributed by atoms with Gasteiger partial charge in [-0.05, 0) is 24.0 Å². The second-order valence-electron chi connectivity index (χ2n) is 5.55. The molecule has 2 aliphatic rings. The smallest absolute Gasteiger partial charge is 0.136 e. The van der Waals surface area contributed by atoms with Crippen LogP contribution in [0.3, 0.4) is 0 Å². The Bertz CT molecular complexity index is 616. The lowest BCUT2D eigenvalue weighted by Crippen LogP contribution is -2.26. The van der Waals surface area contributed by atoms with Crippen molar-refractivity contribution in [2.45, 2.75) is 0 Å². The Morgan fingerprint density at radius 1 is 1.11 bits per heavy atom. The van der Waals surface area contributed by atoms with E-state index in [1.807, 2.05) is 6.20 Å². The van der Waals surface area contributed by atoms with Crippen molar-refractivity contribution in [3.8, 4) is 0 Å². The maximum atomic E-state index is 4.64. The minimum Gasteiger partial charge on any atom is -0.355 e. The molecule has 1 aromatic heterocycles. The Hall–Kier alpha value is -1.13. The van der Waals surface area contributed by atoms with Crippen molar-refractivity contribution in [3.63, 3.8) is 0 Å². The quantitative estimate of drug-likeness (QED) is 0.876. The highest BCUT2D eigenvalue weighted by atomic mass is 79.9. The van der Waals surface area contributed by atoms with Gasteiger partial charge in [0.25, 0.3) is 0 Å². The first kappa shape index (κ1) is 11.7. The van der Waals surface area contributed by atoms with Gasteiger partial charge in [-0.15, -0.1) is 0 Å². The maximum absolute atomic E-state index is 4.64. The Balaban J connectivity index is 1.77. The van der Waals surface area contributed by atoms with E-state index in [0.717, 1.165) is 48.3 Å². The predicted octanol–water partition coefficient (Wildman–Crippen LogP) is 2.65. The molecule has 4 rings (SSSR count). The van der Waals surface area contributed by atoms with Crippen LogP contribution in [0.5, 0.6) is 0 Å². The number of halogens is 1. The number of pyridine rings is 1. The molecule has 2 fully saturated rings. The number of benzene rings is 1. The van der Waals surface area contributed by atoms with Crippen LogP contribution < -0.4 is 10.2 Å². The van der Waals surface area contributed by atoms with Gasteiger partial charge in [0, 0.05) is 47.6 Å². The predicted molar refractivity (Wildman–Crippen MR) is 81.5 cm³/mol. The molecule has 0 radical (unpaired) electrons. The number of hydrogen-bond donors (Lipinski definition) is 1. The molecule has 2 saturated heterocycles. The third kappa shape index (κ3) is 1.85.